The van der Waals surface area contributed by atoms with E-state index in [1.54, 1.807) is 0 Å². The van der Waals surface area contributed by atoms with Crippen molar-refractivity contribution in [1.82, 2.24) is 10.6 Å². The van der Waals surface area contributed by atoms with Crippen molar-refractivity contribution in [2.24, 2.45) is 5.92 Å². The first-order valence-electron chi connectivity index (χ1n) is 4.33. The Hall–Kier alpha value is -0.310. The zero-order chi connectivity index (χ0) is 7.84. The lowest BCUT2D eigenvalue weighted by molar-refractivity contribution is 0.778. The molecule has 2 nitrogen and oxygen atoms in total. The SMILES string of the molecule is CC1CC1NC(=S)NC1CC1. The fourth-order valence-corrected chi connectivity index (χ4v) is 1.46. The third-order valence-electron chi connectivity index (χ3n) is 2.34. The van der Waals surface area contributed by atoms with E-state index in [0.29, 0.717) is 12.1 Å². The average Bonchev–Trinajstić information content (AvgIpc) is 2.75. The summed E-state index contributed by atoms with van der Waals surface area (Å²) >= 11 is 5.12. The van der Waals surface area contributed by atoms with E-state index in [9.17, 15) is 0 Å². The molecule has 2 N–H and O–H groups in total. The fourth-order valence-electron chi connectivity index (χ4n) is 1.15. The first-order valence-corrected chi connectivity index (χ1v) is 4.73. The summed E-state index contributed by atoms with van der Waals surface area (Å²) in [5.74, 6) is 0.828. The van der Waals surface area contributed by atoms with E-state index in [4.69, 9.17) is 12.2 Å². The molecule has 2 unspecified atom stereocenters. The Balaban J connectivity index is 1.65. The first-order chi connectivity index (χ1) is 5.25. The molecule has 2 atom stereocenters. The standard InChI is InChI=1S/C8H14N2S/c1-5-4-7(5)10-8(11)9-6-2-3-6/h5-7H,2-4H2,1H3,(H2,9,10,11). The molecule has 0 aromatic carbocycles. The van der Waals surface area contributed by atoms with Gasteiger partial charge in [-0.3, -0.25) is 0 Å². The van der Waals surface area contributed by atoms with Gasteiger partial charge in [0.1, 0.15) is 0 Å². The van der Waals surface area contributed by atoms with Crippen molar-refractivity contribution in [3.63, 3.8) is 0 Å². The van der Waals surface area contributed by atoms with Crippen molar-refractivity contribution in [2.45, 2.75) is 38.3 Å². The number of rotatable bonds is 2. The van der Waals surface area contributed by atoms with Crippen LogP contribution < -0.4 is 10.6 Å². The normalized spacial score (nSPS) is 34.6. The van der Waals surface area contributed by atoms with Crippen molar-refractivity contribution in [3.05, 3.63) is 0 Å². The molecule has 0 radical (unpaired) electrons. The second-order valence-electron chi connectivity index (χ2n) is 3.71. The monoisotopic (exact) mass is 170 g/mol. The van der Waals surface area contributed by atoms with Crippen LogP contribution in [0.5, 0.6) is 0 Å². The van der Waals surface area contributed by atoms with Gasteiger partial charge in [0.2, 0.25) is 0 Å². The summed E-state index contributed by atoms with van der Waals surface area (Å²) in [6.45, 7) is 2.25. The van der Waals surface area contributed by atoms with Crippen LogP contribution in [0.15, 0.2) is 0 Å². The highest BCUT2D eigenvalue weighted by molar-refractivity contribution is 7.80. The van der Waals surface area contributed by atoms with E-state index < -0.39 is 0 Å². The smallest absolute Gasteiger partial charge is 0.166 e. The topological polar surface area (TPSA) is 24.1 Å². The second kappa shape index (κ2) is 2.63. The van der Waals surface area contributed by atoms with Crippen LogP contribution in [0.2, 0.25) is 0 Å². The molecule has 2 aliphatic rings. The molecule has 0 amide bonds. The van der Waals surface area contributed by atoms with Crippen molar-refractivity contribution < 1.29 is 0 Å². The Labute approximate surface area is 72.7 Å². The van der Waals surface area contributed by atoms with E-state index in [-0.39, 0.29) is 0 Å². The van der Waals surface area contributed by atoms with Gasteiger partial charge in [0.25, 0.3) is 0 Å². The lowest BCUT2D eigenvalue weighted by Gasteiger charge is -2.07. The molecule has 2 rings (SSSR count). The third kappa shape index (κ3) is 2.06. The van der Waals surface area contributed by atoms with E-state index >= 15 is 0 Å². The zero-order valence-corrected chi connectivity index (χ0v) is 7.58. The van der Waals surface area contributed by atoms with Gasteiger partial charge in [0.15, 0.2) is 5.11 Å². The molecular weight excluding hydrogens is 156 g/mol. The minimum atomic E-state index is 0.661. The molecule has 0 bridgehead atoms. The molecule has 62 valence electrons. The van der Waals surface area contributed by atoms with Gasteiger partial charge in [0, 0.05) is 12.1 Å². The number of hydrogen-bond donors (Lipinski definition) is 2. The Morgan fingerprint density at radius 3 is 2.45 bits per heavy atom. The highest BCUT2D eigenvalue weighted by Crippen LogP contribution is 2.29. The highest BCUT2D eigenvalue weighted by atomic mass is 32.1. The van der Waals surface area contributed by atoms with Crippen LogP contribution in [0.25, 0.3) is 0 Å². The number of thiocarbonyl (C=S) groups is 1. The van der Waals surface area contributed by atoms with Gasteiger partial charge in [-0.05, 0) is 37.4 Å². The van der Waals surface area contributed by atoms with Crippen molar-refractivity contribution >= 4 is 17.3 Å². The van der Waals surface area contributed by atoms with Crippen molar-refractivity contribution in [2.75, 3.05) is 0 Å². The van der Waals surface area contributed by atoms with Gasteiger partial charge in [-0.25, -0.2) is 0 Å². The lowest BCUT2D eigenvalue weighted by atomic mass is 10.5. The predicted molar refractivity (Wildman–Crippen MR) is 49.5 cm³/mol. The molecule has 0 heterocycles. The summed E-state index contributed by atoms with van der Waals surface area (Å²) in [6, 6.07) is 1.35. The maximum atomic E-state index is 5.12. The molecule has 0 saturated heterocycles. The second-order valence-corrected chi connectivity index (χ2v) is 4.12. The minimum Gasteiger partial charge on any atom is -0.360 e. The molecule has 3 heteroatoms. The summed E-state index contributed by atoms with van der Waals surface area (Å²) in [5, 5.41) is 7.42. The van der Waals surface area contributed by atoms with E-state index in [2.05, 4.69) is 17.6 Å². The number of nitrogens with one attached hydrogen (secondary N) is 2. The Kier molecular flexibility index (Phi) is 1.75. The number of hydrogen-bond acceptors (Lipinski definition) is 1. The zero-order valence-electron chi connectivity index (χ0n) is 6.76. The summed E-state index contributed by atoms with van der Waals surface area (Å²) < 4.78 is 0. The van der Waals surface area contributed by atoms with Crippen molar-refractivity contribution in [3.8, 4) is 0 Å². The molecule has 0 aliphatic heterocycles. The van der Waals surface area contributed by atoms with Gasteiger partial charge in [0.05, 0.1) is 0 Å². The molecular formula is C8H14N2S. The largest absolute Gasteiger partial charge is 0.360 e. The Bertz CT molecular complexity index is 177. The molecule has 2 aliphatic carbocycles. The molecule has 0 aromatic rings. The average molecular weight is 170 g/mol. The van der Waals surface area contributed by atoms with Crippen LogP contribution in [-0.4, -0.2) is 17.2 Å². The quantitative estimate of drug-likeness (QED) is 0.605. The van der Waals surface area contributed by atoms with Crippen LogP contribution in [-0.2, 0) is 0 Å². The van der Waals surface area contributed by atoms with E-state index in [0.717, 1.165) is 11.0 Å². The van der Waals surface area contributed by atoms with Gasteiger partial charge in [-0.15, -0.1) is 0 Å². The van der Waals surface area contributed by atoms with Gasteiger partial charge < -0.3 is 10.6 Å². The fraction of sp³-hybridized carbons (Fsp3) is 0.875. The molecule has 2 fully saturated rings. The van der Waals surface area contributed by atoms with Crippen molar-refractivity contribution in [1.29, 1.82) is 0 Å². The molecule has 0 aromatic heterocycles. The highest BCUT2D eigenvalue weighted by Gasteiger charge is 2.33. The van der Waals surface area contributed by atoms with Crippen LogP contribution in [0.1, 0.15) is 26.2 Å². The summed E-state index contributed by atoms with van der Waals surface area (Å²) in [7, 11) is 0. The van der Waals surface area contributed by atoms with E-state index in [1.807, 2.05) is 0 Å². The summed E-state index contributed by atoms with van der Waals surface area (Å²) in [6.07, 6.45) is 3.87. The van der Waals surface area contributed by atoms with Gasteiger partial charge >= 0.3 is 0 Å². The predicted octanol–water partition coefficient (Wildman–Crippen LogP) is 1.02. The Morgan fingerprint density at radius 2 is 2.00 bits per heavy atom. The summed E-state index contributed by atoms with van der Waals surface area (Å²) in [4.78, 5) is 0. The minimum absolute atomic E-state index is 0.661. The third-order valence-corrected chi connectivity index (χ3v) is 2.57. The van der Waals surface area contributed by atoms with Crippen LogP contribution in [0, 0.1) is 5.92 Å². The lowest BCUT2D eigenvalue weighted by Crippen LogP contribution is -2.38. The van der Waals surface area contributed by atoms with Crippen LogP contribution in [0.3, 0.4) is 0 Å². The molecule has 11 heavy (non-hydrogen) atoms. The first kappa shape index (κ1) is 7.35. The van der Waals surface area contributed by atoms with Gasteiger partial charge in [-0.2, -0.15) is 0 Å². The maximum absolute atomic E-state index is 5.12. The molecule has 2 saturated carbocycles. The van der Waals surface area contributed by atoms with Gasteiger partial charge in [-0.1, -0.05) is 6.92 Å². The Morgan fingerprint density at radius 1 is 1.36 bits per heavy atom. The molecule has 0 spiro atoms. The van der Waals surface area contributed by atoms with E-state index in [1.165, 1.54) is 19.3 Å². The maximum Gasteiger partial charge on any atom is 0.166 e. The summed E-state index contributed by atoms with van der Waals surface area (Å²) in [5.41, 5.74) is 0. The van der Waals surface area contributed by atoms with Crippen LogP contribution in [0.4, 0.5) is 0 Å². The van der Waals surface area contributed by atoms with Crippen LogP contribution >= 0.6 is 12.2 Å².